The molecule has 0 unspecified atom stereocenters. The Kier molecular flexibility index (Phi) is 3.66. The number of nitrogens with zero attached hydrogens (tertiary/aromatic N) is 2. The van der Waals surface area contributed by atoms with E-state index in [0.29, 0.717) is 12.5 Å². The second kappa shape index (κ2) is 5.47. The van der Waals surface area contributed by atoms with E-state index in [0.717, 1.165) is 24.1 Å². The fraction of sp³-hybridized carbons (Fsp3) is 0.438. The molecule has 1 aliphatic carbocycles. The molecule has 3 rings (SSSR count). The molecular weight excluding hydrogens is 274 g/mol. The summed E-state index contributed by atoms with van der Waals surface area (Å²) >= 11 is 0. The van der Waals surface area contributed by atoms with Gasteiger partial charge in [-0.05, 0) is 32.3 Å². The van der Waals surface area contributed by atoms with E-state index >= 15 is 0 Å². The third-order valence-corrected chi connectivity index (χ3v) is 3.77. The van der Waals surface area contributed by atoms with Gasteiger partial charge in [0.2, 0.25) is 0 Å². The zero-order chi connectivity index (χ0) is 15.0. The molecule has 1 saturated carbocycles. The van der Waals surface area contributed by atoms with Crippen LogP contribution in [0.2, 0.25) is 0 Å². The fourth-order valence-corrected chi connectivity index (χ4v) is 2.63. The van der Waals surface area contributed by atoms with Gasteiger partial charge in [-0.1, -0.05) is 0 Å². The number of ether oxygens (including phenoxy) is 1. The van der Waals surface area contributed by atoms with Crippen LogP contribution in [-0.4, -0.2) is 16.4 Å². The van der Waals surface area contributed by atoms with Gasteiger partial charge in [-0.15, -0.1) is 0 Å². The fourth-order valence-electron chi connectivity index (χ4n) is 2.63. The van der Waals surface area contributed by atoms with Gasteiger partial charge in [0, 0.05) is 29.3 Å². The minimum atomic E-state index is -0.589. The number of halogens is 2. The van der Waals surface area contributed by atoms with Gasteiger partial charge in [-0.25, -0.2) is 8.78 Å². The molecule has 2 aromatic rings. The highest BCUT2D eigenvalue weighted by Crippen LogP contribution is 2.41. The average molecular weight is 292 g/mol. The normalized spacial score (nSPS) is 14.5. The number of aryl methyl sites for hydroxylation is 1. The minimum absolute atomic E-state index is 0.0310. The lowest BCUT2D eigenvalue weighted by Gasteiger charge is -2.11. The molecule has 1 aromatic carbocycles. The van der Waals surface area contributed by atoms with Crippen molar-refractivity contribution in [2.75, 3.05) is 6.61 Å². The van der Waals surface area contributed by atoms with Gasteiger partial charge in [0.05, 0.1) is 19.3 Å². The Morgan fingerprint density at radius 3 is 2.52 bits per heavy atom. The molecule has 0 atom stereocenters. The van der Waals surface area contributed by atoms with Crippen molar-refractivity contribution in [1.82, 2.24) is 9.78 Å². The topological polar surface area (TPSA) is 27.1 Å². The van der Waals surface area contributed by atoms with E-state index in [1.54, 1.807) is 17.8 Å². The first kappa shape index (κ1) is 14.0. The van der Waals surface area contributed by atoms with Gasteiger partial charge in [0.1, 0.15) is 17.4 Å². The third kappa shape index (κ3) is 2.77. The van der Waals surface area contributed by atoms with Crippen LogP contribution in [0.5, 0.6) is 5.75 Å². The minimum Gasteiger partial charge on any atom is -0.494 e. The first-order valence-corrected chi connectivity index (χ1v) is 7.23. The summed E-state index contributed by atoms with van der Waals surface area (Å²) in [7, 11) is 0. The summed E-state index contributed by atoms with van der Waals surface area (Å²) in [5, 5.41) is 4.27. The Labute approximate surface area is 122 Å². The molecule has 3 nitrogen and oxygen atoms in total. The molecule has 0 radical (unpaired) electrons. The average Bonchev–Trinajstić information content (AvgIpc) is 3.19. The van der Waals surface area contributed by atoms with Crippen LogP contribution in [0.4, 0.5) is 8.78 Å². The molecule has 0 N–H and O–H groups in total. The number of hydrogen-bond acceptors (Lipinski definition) is 2. The summed E-state index contributed by atoms with van der Waals surface area (Å²) in [6.07, 6.45) is 4.01. The molecule has 0 saturated heterocycles. The van der Waals surface area contributed by atoms with Gasteiger partial charge in [0.15, 0.2) is 0 Å². The van der Waals surface area contributed by atoms with Crippen LogP contribution in [0.15, 0.2) is 18.3 Å². The van der Waals surface area contributed by atoms with E-state index in [-0.39, 0.29) is 17.9 Å². The van der Waals surface area contributed by atoms with Gasteiger partial charge < -0.3 is 4.74 Å². The number of rotatable bonds is 5. The maximum absolute atomic E-state index is 14.1. The smallest absolute Gasteiger partial charge is 0.134 e. The SMILES string of the molecule is CCOc1cc(F)c(Cn2ncc(C)c2C2CC2)c(F)c1. The molecule has 5 heteroatoms. The first-order chi connectivity index (χ1) is 10.1. The highest BCUT2D eigenvalue weighted by molar-refractivity contribution is 5.32. The molecule has 1 heterocycles. The molecule has 0 amide bonds. The number of hydrogen-bond donors (Lipinski definition) is 0. The molecule has 21 heavy (non-hydrogen) atoms. The Balaban J connectivity index is 1.91. The quantitative estimate of drug-likeness (QED) is 0.838. The Morgan fingerprint density at radius 1 is 1.29 bits per heavy atom. The molecule has 1 aromatic heterocycles. The van der Waals surface area contributed by atoms with Crippen molar-refractivity contribution in [3.05, 3.63) is 46.8 Å². The standard InChI is InChI=1S/C16H18F2N2O/c1-3-21-12-6-14(17)13(15(18)7-12)9-20-16(11-4-5-11)10(2)8-19-20/h6-8,11H,3-5,9H2,1-2H3. The predicted octanol–water partition coefficient (Wildman–Crippen LogP) is 3.79. The predicted molar refractivity (Wildman–Crippen MR) is 75.6 cm³/mol. The van der Waals surface area contributed by atoms with E-state index in [9.17, 15) is 8.78 Å². The lowest BCUT2D eigenvalue weighted by molar-refractivity contribution is 0.335. The largest absolute Gasteiger partial charge is 0.494 e. The molecule has 0 bridgehead atoms. The van der Waals surface area contributed by atoms with Crippen LogP contribution in [0.1, 0.15) is 42.5 Å². The highest BCUT2D eigenvalue weighted by atomic mass is 19.1. The van der Waals surface area contributed by atoms with Crippen molar-refractivity contribution >= 4 is 0 Å². The number of aromatic nitrogens is 2. The highest BCUT2D eigenvalue weighted by Gasteiger charge is 2.29. The van der Waals surface area contributed by atoms with Gasteiger partial charge in [0.25, 0.3) is 0 Å². The second-order valence-electron chi connectivity index (χ2n) is 5.44. The Morgan fingerprint density at radius 2 is 1.95 bits per heavy atom. The Hall–Kier alpha value is -1.91. The summed E-state index contributed by atoms with van der Waals surface area (Å²) in [5.41, 5.74) is 2.22. The zero-order valence-electron chi connectivity index (χ0n) is 12.2. The summed E-state index contributed by atoms with van der Waals surface area (Å²) in [6, 6.07) is 2.46. The van der Waals surface area contributed by atoms with Crippen molar-refractivity contribution in [1.29, 1.82) is 0 Å². The van der Waals surface area contributed by atoms with Gasteiger partial charge in [-0.2, -0.15) is 5.10 Å². The molecule has 0 spiro atoms. The molecule has 0 aliphatic heterocycles. The molecule has 112 valence electrons. The van der Waals surface area contributed by atoms with Crippen molar-refractivity contribution in [3.8, 4) is 5.75 Å². The van der Waals surface area contributed by atoms with Crippen LogP contribution >= 0.6 is 0 Å². The Bertz CT molecular complexity index is 639. The van der Waals surface area contributed by atoms with E-state index in [1.807, 2.05) is 6.92 Å². The van der Waals surface area contributed by atoms with Gasteiger partial charge >= 0.3 is 0 Å². The zero-order valence-corrected chi connectivity index (χ0v) is 12.2. The lowest BCUT2D eigenvalue weighted by Crippen LogP contribution is -2.10. The summed E-state index contributed by atoms with van der Waals surface area (Å²) in [4.78, 5) is 0. The van der Waals surface area contributed by atoms with Gasteiger partial charge in [-0.3, -0.25) is 4.68 Å². The summed E-state index contributed by atoms with van der Waals surface area (Å²) < 4.78 is 35.1. The third-order valence-electron chi connectivity index (χ3n) is 3.77. The number of benzene rings is 1. The molecule has 1 aliphatic rings. The summed E-state index contributed by atoms with van der Waals surface area (Å²) in [5.74, 6) is -0.474. The van der Waals surface area contributed by atoms with Crippen molar-refractivity contribution in [2.24, 2.45) is 0 Å². The van der Waals surface area contributed by atoms with Crippen LogP contribution in [0, 0.1) is 18.6 Å². The van der Waals surface area contributed by atoms with Crippen LogP contribution in [0.3, 0.4) is 0 Å². The monoisotopic (exact) mass is 292 g/mol. The van der Waals surface area contributed by atoms with E-state index in [4.69, 9.17) is 4.74 Å². The van der Waals surface area contributed by atoms with Crippen molar-refractivity contribution < 1.29 is 13.5 Å². The van der Waals surface area contributed by atoms with E-state index in [1.165, 1.54) is 12.1 Å². The lowest BCUT2D eigenvalue weighted by atomic mass is 10.1. The maximum atomic E-state index is 14.1. The second-order valence-corrected chi connectivity index (χ2v) is 5.44. The van der Waals surface area contributed by atoms with E-state index < -0.39 is 11.6 Å². The molecule has 1 fully saturated rings. The van der Waals surface area contributed by atoms with E-state index in [2.05, 4.69) is 5.10 Å². The van der Waals surface area contributed by atoms with Crippen molar-refractivity contribution in [3.63, 3.8) is 0 Å². The maximum Gasteiger partial charge on any atom is 0.134 e. The van der Waals surface area contributed by atoms with Crippen LogP contribution in [-0.2, 0) is 6.54 Å². The summed E-state index contributed by atoms with van der Waals surface area (Å²) in [6.45, 7) is 4.26. The van der Waals surface area contributed by atoms with Crippen LogP contribution in [0.25, 0.3) is 0 Å². The van der Waals surface area contributed by atoms with Crippen LogP contribution < -0.4 is 4.74 Å². The first-order valence-electron chi connectivity index (χ1n) is 7.23. The van der Waals surface area contributed by atoms with Crippen molar-refractivity contribution in [2.45, 2.75) is 39.2 Å². The molecular formula is C16H18F2N2O.